The van der Waals surface area contributed by atoms with Crippen LogP contribution < -0.4 is 15.4 Å². The first-order chi connectivity index (χ1) is 12.2. The number of aromatic nitrogens is 1. The van der Waals surface area contributed by atoms with Gasteiger partial charge in [0.25, 0.3) is 0 Å². The third-order valence-corrected chi connectivity index (χ3v) is 5.93. The van der Waals surface area contributed by atoms with E-state index in [1.54, 1.807) is 29.3 Å². The van der Waals surface area contributed by atoms with Crippen molar-refractivity contribution < 1.29 is 18.0 Å². The maximum Gasteiger partial charge on any atom is 0.238 e. The van der Waals surface area contributed by atoms with Crippen LogP contribution in [0.25, 0.3) is 0 Å². The second-order valence-electron chi connectivity index (χ2n) is 6.02. The topological polar surface area (TPSA) is 122 Å². The zero-order valence-corrected chi connectivity index (χ0v) is 15.7. The molecule has 138 valence electrons. The van der Waals surface area contributed by atoms with Gasteiger partial charge in [-0.3, -0.25) is 14.5 Å². The Bertz CT molecular complexity index is 968. The zero-order chi connectivity index (χ0) is 18.9. The Labute approximate surface area is 155 Å². The average molecular weight is 394 g/mol. The normalized spacial score (nSPS) is 14.7. The number of nitrogens with one attached hydrogen (secondary N) is 1. The maximum atomic E-state index is 12.2. The molecule has 1 aliphatic heterocycles. The lowest BCUT2D eigenvalue weighted by molar-refractivity contribution is -0.117. The fourth-order valence-electron chi connectivity index (χ4n) is 2.71. The number of carbonyl (C=O) groups is 2. The molecule has 10 heteroatoms. The first-order valence-corrected chi connectivity index (χ1v) is 10.3. The molecule has 3 N–H and O–H groups in total. The highest BCUT2D eigenvalue weighted by atomic mass is 32.2. The fourth-order valence-corrected chi connectivity index (χ4v) is 4.38. The van der Waals surface area contributed by atoms with Crippen molar-refractivity contribution in [2.24, 2.45) is 5.14 Å². The first-order valence-electron chi connectivity index (χ1n) is 7.92. The number of benzene rings is 1. The zero-order valence-electron chi connectivity index (χ0n) is 14.1. The van der Waals surface area contributed by atoms with Crippen LogP contribution >= 0.6 is 11.3 Å². The van der Waals surface area contributed by atoms with E-state index < -0.39 is 10.0 Å². The summed E-state index contributed by atoms with van der Waals surface area (Å²) in [6, 6.07) is 4.52. The lowest BCUT2D eigenvalue weighted by atomic mass is 10.2. The maximum absolute atomic E-state index is 12.2. The van der Waals surface area contributed by atoms with E-state index in [0.29, 0.717) is 35.0 Å². The molecule has 0 atom stereocenters. The van der Waals surface area contributed by atoms with E-state index in [2.05, 4.69) is 10.3 Å². The largest absolute Gasteiger partial charge is 0.326 e. The minimum atomic E-state index is -3.86. The number of thiazole rings is 1. The van der Waals surface area contributed by atoms with Gasteiger partial charge >= 0.3 is 0 Å². The van der Waals surface area contributed by atoms with Crippen molar-refractivity contribution in [2.45, 2.75) is 31.1 Å². The Morgan fingerprint density at radius 1 is 1.42 bits per heavy atom. The SMILES string of the molecule is Cc1ccc(NC(=O)Cc2csc(N3CCCC3=O)n2)cc1S(N)(=O)=O. The molecule has 1 aliphatic rings. The van der Waals surface area contributed by atoms with Gasteiger partial charge in [0.1, 0.15) is 0 Å². The number of nitrogens with zero attached hydrogens (tertiary/aromatic N) is 2. The van der Waals surface area contributed by atoms with Gasteiger partial charge in [-0.25, -0.2) is 18.5 Å². The molecular formula is C16H18N4O4S2. The van der Waals surface area contributed by atoms with Crippen LogP contribution in [0.4, 0.5) is 10.8 Å². The van der Waals surface area contributed by atoms with E-state index in [1.165, 1.54) is 17.4 Å². The molecule has 0 unspecified atom stereocenters. The minimum absolute atomic E-state index is 0.0249. The molecule has 2 heterocycles. The average Bonchev–Trinajstić information content (AvgIpc) is 3.16. The van der Waals surface area contributed by atoms with Crippen molar-refractivity contribution in [3.8, 4) is 0 Å². The molecule has 0 spiro atoms. The lowest BCUT2D eigenvalue weighted by Crippen LogP contribution is -2.23. The van der Waals surface area contributed by atoms with Crippen LogP contribution in [0.1, 0.15) is 24.1 Å². The minimum Gasteiger partial charge on any atom is -0.326 e. The number of anilines is 2. The molecule has 0 aliphatic carbocycles. The van der Waals surface area contributed by atoms with Crippen LogP contribution in [0.2, 0.25) is 0 Å². The second kappa shape index (κ2) is 7.14. The van der Waals surface area contributed by atoms with Crippen molar-refractivity contribution >= 4 is 44.0 Å². The van der Waals surface area contributed by atoms with Gasteiger partial charge in [0.15, 0.2) is 5.13 Å². The summed E-state index contributed by atoms with van der Waals surface area (Å²) in [4.78, 5) is 29.9. The molecule has 1 aromatic heterocycles. The molecule has 0 saturated carbocycles. The third kappa shape index (κ3) is 4.09. The molecule has 1 saturated heterocycles. The highest BCUT2D eigenvalue weighted by Crippen LogP contribution is 2.25. The van der Waals surface area contributed by atoms with Gasteiger partial charge in [0, 0.05) is 24.0 Å². The second-order valence-corrected chi connectivity index (χ2v) is 8.39. The molecule has 2 aromatic rings. The molecule has 26 heavy (non-hydrogen) atoms. The number of carbonyl (C=O) groups excluding carboxylic acids is 2. The molecule has 8 nitrogen and oxygen atoms in total. The Balaban J connectivity index is 1.68. The number of sulfonamides is 1. The fraction of sp³-hybridized carbons (Fsp3) is 0.312. The van der Waals surface area contributed by atoms with E-state index in [9.17, 15) is 18.0 Å². The molecule has 1 fully saturated rings. The molecule has 2 amide bonds. The Hall–Kier alpha value is -2.30. The van der Waals surface area contributed by atoms with Gasteiger partial charge < -0.3 is 5.32 Å². The monoisotopic (exact) mass is 394 g/mol. The molecule has 3 rings (SSSR count). The summed E-state index contributed by atoms with van der Waals surface area (Å²) in [7, 11) is -3.86. The summed E-state index contributed by atoms with van der Waals surface area (Å²) in [5.41, 5.74) is 1.40. The first kappa shape index (κ1) is 18.5. The van der Waals surface area contributed by atoms with Gasteiger partial charge in [0.05, 0.1) is 17.0 Å². The summed E-state index contributed by atoms with van der Waals surface area (Å²) in [5, 5.41) is 10.2. The van der Waals surface area contributed by atoms with Gasteiger partial charge in [-0.05, 0) is 31.0 Å². The van der Waals surface area contributed by atoms with Crippen LogP contribution in [0.5, 0.6) is 0 Å². The van der Waals surface area contributed by atoms with Gasteiger partial charge in [-0.2, -0.15) is 0 Å². The summed E-state index contributed by atoms with van der Waals surface area (Å²) < 4.78 is 23.1. The number of hydrogen-bond donors (Lipinski definition) is 2. The third-order valence-electron chi connectivity index (χ3n) is 3.96. The number of rotatable bonds is 5. The van der Waals surface area contributed by atoms with Gasteiger partial charge in [0.2, 0.25) is 21.8 Å². The van der Waals surface area contributed by atoms with Gasteiger partial charge in [-0.15, -0.1) is 11.3 Å². The van der Waals surface area contributed by atoms with Crippen molar-refractivity contribution in [3.05, 3.63) is 34.8 Å². The number of hydrogen-bond acceptors (Lipinski definition) is 6. The van der Waals surface area contributed by atoms with Gasteiger partial charge in [-0.1, -0.05) is 6.07 Å². The summed E-state index contributed by atoms with van der Waals surface area (Å²) in [6.45, 7) is 2.28. The van der Waals surface area contributed by atoms with Crippen molar-refractivity contribution in [3.63, 3.8) is 0 Å². The van der Waals surface area contributed by atoms with Crippen molar-refractivity contribution in [1.29, 1.82) is 0 Å². The Morgan fingerprint density at radius 2 is 2.19 bits per heavy atom. The summed E-state index contributed by atoms with van der Waals surface area (Å²) in [6.07, 6.45) is 1.36. The predicted molar refractivity (Wildman–Crippen MR) is 98.6 cm³/mol. The van der Waals surface area contributed by atoms with Crippen molar-refractivity contribution in [2.75, 3.05) is 16.8 Å². The van der Waals surface area contributed by atoms with E-state index in [4.69, 9.17) is 5.14 Å². The number of nitrogens with two attached hydrogens (primary N) is 1. The van der Waals surface area contributed by atoms with Crippen LogP contribution in [0, 0.1) is 6.92 Å². The van der Waals surface area contributed by atoms with Crippen molar-refractivity contribution in [1.82, 2.24) is 4.98 Å². The summed E-state index contributed by atoms with van der Waals surface area (Å²) in [5.74, 6) is -0.288. The molecule has 0 bridgehead atoms. The highest BCUT2D eigenvalue weighted by molar-refractivity contribution is 7.89. The quantitative estimate of drug-likeness (QED) is 0.794. The summed E-state index contributed by atoms with van der Waals surface area (Å²) >= 11 is 1.32. The number of primary sulfonamides is 1. The van der Waals surface area contributed by atoms with Crippen LogP contribution in [-0.2, 0) is 26.0 Å². The van der Waals surface area contributed by atoms with E-state index in [-0.39, 0.29) is 23.1 Å². The Morgan fingerprint density at radius 3 is 2.85 bits per heavy atom. The highest BCUT2D eigenvalue weighted by Gasteiger charge is 2.24. The predicted octanol–water partition coefficient (Wildman–Crippen LogP) is 1.41. The van der Waals surface area contributed by atoms with Crippen LogP contribution in [0.3, 0.4) is 0 Å². The molecule has 0 radical (unpaired) electrons. The van der Waals surface area contributed by atoms with E-state index in [0.717, 1.165) is 6.42 Å². The van der Waals surface area contributed by atoms with Crippen LogP contribution in [0.15, 0.2) is 28.5 Å². The number of amides is 2. The standard InChI is InChI=1S/C16H18N4O4S2/c1-10-4-5-11(7-13(10)26(17,23)24)18-14(21)8-12-9-25-16(19-12)20-6-2-3-15(20)22/h4-5,7,9H,2-3,6,8H2,1H3,(H,18,21)(H2,17,23,24). The van der Waals surface area contributed by atoms with E-state index >= 15 is 0 Å². The smallest absolute Gasteiger partial charge is 0.238 e. The molecule has 1 aromatic carbocycles. The lowest BCUT2D eigenvalue weighted by Gasteiger charge is -2.10. The Kier molecular flexibility index (Phi) is 5.08. The van der Waals surface area contributed by atoms with Crippen LogP contribution in [-0.4, -0.2) is 31.8 Å². The molecular weight excluding hydrogens is 376 g/mol. The van der Waals surface area contributed by atoms with E-state index in [1.807, 2.05) is 0 Å². The number of aryl methyl sites for hydroxylation is 1.